The number of aliphatic carboxylic acids is 1. The van der Waals surface area contributed by atoms with Crippen molar-refractivity contribution in [2.24, 2.45) is 5.73 Å². The van der Waals surface area contributed by atoms with Crippen molar-refractivity contribution in [3.05, 3.63) is 24.3 Å². The van der Waals surface area contributed by atoms with E-state index in [0.29, 0.717) is 13.0 Å². The number of hydrogen-bond donors (Lipinski definition) is 3. The van der Waals surface area contributed by atoms with Crippen molar-refractivity contribution in [3.63, 3.8) is 0 Å². The number of carboxylic acid groups (broad SMARTS) is 1. The van der Waals surface area contributed by atoms with Crippen molar-refractivity contribution in [1.29, 1.82) is 0 Å². The third-order valence-corrected chi connectivity index (χ3v) is 12.9. The van der Waals surface area contributed by atoms with Gasteiger partial charge in [-0.2, -0.15) is 0 Å². The first kappa shape index (κ1) is 62.4. The molecule has 0 aliphatic rings. The number of esters is 1. The fourth-order valence-corrected chi connectivity index (χ4v) is 8.59. The molecule has 0 aliphatic carbocycles. The Labute approximate surface area is 394 Å². The largest absolute Gasteiger partial charge is 0.480 e. The average molecular weight is 928 g/mol. The van der Waals surface area contributed by atoms with Crippen LogP contribution in [0.15, 0.2) is 24.3 Å². The third-order valence-electron chi connectivity index (χ3n) is 12.0. The molecular formula is C53H102NO9P. The van der Waals surface area contributed by atoms with Gasteiger partial charge in [0.2, 0.25) is 0 Å². The predicted octanol–water partition coefficient (Wildman–Crippen LogP) is 15.8. The summed E-state index contributed by atoms with van der Waals surface area (Å²) in [4.78, 5) is 33.7. The van der Waals surface area contributed by atoms with Crippen molar-refractivity contribution in [2.45, 2.75) is 276 Å². The van der Waals surface area contributed by atoms with E-state index in [1.165, 1.54) is 186 Å². The van der Waals surface area contributed by atoms with Gasteiger partial charge in [-0.1, -0.05) is 237 Å². The van der Waals surface area contributed by atoms with Gasteiger partial charge in [0.05, 0.1) is 19.8 Å². The molecule has 0 saturated carbocycles. The summed E-state index contributed by atoms with van der Waals surface area (Å²) in [6, 6.07) is -1.47. The SMILES string of the molecule is CCCCCC/C=C\C/C=C\CCCCCCCCCC(=O)OC(COCCCCCCCCCCCCCCCCCCCCCCCCCC)COP(=O)(O)OCC(N)C(=O)O. The second kappa shape index (κ2) is 49.4. The summed E-state index contributed by atoms with van der Waals surface area (Å²) in [5.41, 5.74) is 5.38. The Bertz CT molecular complexity index is 1120. The van der Waals surface area contributed by atoms with Crippen LogP contribution in [0, 0.1) is 0 Å². The van der Waals surface area contributed by atoms with Gasteiger partial charge in [-0.25, -0.2) is 4.57 Å². The molecule has 4 N–H and O–H groups in total. The molecule has 0 fully saturated rings. The first-order chi connectivity index (χ1) is 31.2. The first-order valence-electron chi connectivity index (χ1n) is 26.9. The number of carbonyl (C=O) groups excluding carboxylic acids is 1. The van der Waals surface area contributed by atoms with E-state index in [9.17, 15) is 19.0 Å². The lowest BCUT2D eigenvalue weighted by atomic mass is 10.0. The third kappa shape index (κ3) is 48.4. The Kier molecular flexibility index (Phi) is 48.2. The summed E-state index contributed by atoms with van der Waals surface area (Å²) in [7, 11) is -4.62. The predicted molar refractivity (Wildman–Crippen MR) is 268 cm³/mol. The van der Waals surface area contributed by atoms with E-state index in [-0.39, 0.29) is 13.0 Å². The minimum Gasteiger partial charge on any atom is -0.480 e. The molecule has 0 spiro atoms. The quantitative estimate of drug-likeness (QED) is 0.0232. The zero-order valence-corrected chi connectivity index (χ0v) is 42.5. The van der Waals surface area contributed by atoms with E-state index in [0.717, 1.165) is 51.4 Å². The molecule has 0 saturated heterocycles. The van der Waals surface area contributed by atoms with Crippen LogP contribution in [0.25, 0.3) is 0 Å². The summed E-state index contributed by atoms with van der Waals surface area (Å²) < 4.78 is 33.5. The molecule has 0 rings (SSSR count). The van der Waals surface area contributed by atoms with Crippen LogP contribution in [0.2, 0.25) is 0 Å². The van der Waals surface area contributed by atoms with Crippen LogP contribution in [0.1, 0.15) is 264 Å². The maximum absolute atomic E-state index is 12.7. The van der Waals surface area contributed by atoms with Gasteiger partial charge >= 0.3 is 19.8 Å². The fraction of sp³-hybridized carbons (Fsp3) is 0.887. The number of phosphoric acid groups is 1. The molecule has 3 atom stereocenters. The summed E-state index contributed by atoms with van der Waals surface area (Å²) in [5, 5.41) is 8.93. The Hall–Kier alpha value is -1.55. The minimum absolute atomic E-state index is 0.0186. The van der Waals surface area contributed by atoms with Gasteiger partial charge in [-0.05, 0) is 44.9 Å². The van der Waals surface area contributed by atoms with E-state index in [1.807, 2.05) is 0 Å². The lowest BCUT2D eigenvalue weighted by Gasteiger charge is -2.20. The second-order valence-electron chi connectivity index (χ2n) is 18.4. The van der Waals surface area contributed by atoms with Crippen LogP contribution in [0.4, 0.5) is 0 Å². The van der Waals surface area contributed by atoms with Gasteiger partial charge < -0.3 is 25.2 Å². The van der Waals surface area contributed by atoms with E-state index in [1.54, 1.807) is 0 Å². The molecule has 0 aromatic heterocycles. The summed E-state index contributed by atoms with van der Waals surface area (Å²) >= 11 is 0. The highest BCUT2D eigenvalue weighted by Crippen LogP contribution is 2.43. The molecule has 0 aromatic rings. The van der Waals surface area contributed by atoms with Gasteiger partial charge in [-0.3, -0.25) is 18.6 Å². The van der Waals surface area contributed by atoms with Crippen molar-refractivity contribution in [2.75, 3.05) is 26.4 Å². The molecular weight excluding hydrogens is 826 g/mol. The molecule has 0 bridgehead atoms. The maximum atomic E-state index is 12.7. The van der Waals surface area contributed by atoms with Crippen molar-refractivity contribution < 1.29 is 42.7 Å². The summed E-state index contributed by atoms with van der Waals surface area (Å²) in [5.74, 6) is -1.78. The highest BCUT2D eigenvalue weighted by Gasteiger charge is 2.27. The number of nitrogens with two attached hydrogens (primary N) is 1. The molecule has 0 radical (unpaired) electrons. The first-order valence-corrected chi connectivity index (χ1v) is 28.4. The average Bonchev–Trinajstić information content (AvgIpc) is 3.28. The van der Waals surface area contributed by atoms with Gasteiger partial charge in [-0.15, -0.1) is 0 Å². The van der Waals surface area contributed by atoms with Crippen LogP contribution in [0.5, 0.6) is 0 Å². The Morgan fingerprint density at radius 3 is 1.28 bits per heavy atom. The lowest BCUT2D eigenvalue weighted by Crippen LogP contribution is -2.34. The number of ether oxygens (including phenoxy) is 2. The second-order valence-corrected chi connectivity index (χ2v) is 19.8. The van der Waals surface area contributed by atoms with E-state index >= 15 is 0 Å². The minimum atomic E-state index is -4.62. The van der Waals surface area contributed by atoms with Gasteiger partial charge in [0.15, 0.2) is 0 Å². The molecule has 0 aromatic carbocycles. The highest BCUT2D eigenvalue weighted by molar-refractivity contribution is 7.47. The number of carbonyl (C=O) groups is 2. The van der Waals surface area contributed by atoms with Gasteiger partial charge in [0.1, 0.15) is 12.1 Å². The van der Waals surface area contributed by atoms with Crippen LogP contribution < -0.4 is 5.73 Å². The fourth-order valence-electron chi connectivity index (χ4n) is 7.81. The van der Waals surface area contributed by atoms with E-state index < -0.39 is 45.1 Å². The molecule has 11 heteroatoms. The number of rotatable bonds is 52. The zero-order valence-electron chi connectivity index (χ0n) is 41.6. The highest BCUT2D eigenvalue weighted by atomic mass is 31.2. The van der Waals surface area contributed by atoms with Gasteiger partial charge in [0.25, 0.3) is 0 Å². The van der Waals surface area contributed by atoms with Gasteiger partial charge in [0, 0.05) is 13.0 Å². The number of allylic oxidation sites excluding steroid dienone is 4. The molecule has 378 valence electrons. The smallest absolute Gasteiger partial charge is 0.472 e. The standard InChI is InChI=1S/C53H102NO9P/c1-3-5-7-9-11-13-15-17-19-21-23-24-25-26-27-28-30-32-34-36-38-40-42-44-46-60-47-50(48-61-64(58,59)62-49-51(54)53(56)57)63-52(55)45-43-41-39-37-35-33-31-29-22-20-18-16-14-12-10-8-6-4-2/h14,16,20,22,50-51H,3-13,15,17-19,21,23-49,54H2,1-2H3,(H,56,57)(H,58,59)/b16-14-,22-20-. The number of phosphoric ester groups is 1. The van der Waals surface area contributed by atoms with E-state index in [4.69, 9.17) is 29.4 Å². The number of unbranched alkanes of at least 4 members (excludes halogenated alkanes) is 34. The topological polar surface area (TPSA) is 155 Å². The van der Waals surface area contributed by atoms with Crippen LogP contribution >= 0.6 is 7.82 Å². The zero-order chi connectivity index (χ0) is 46.9. The van der Waals surface area contributed by atoms with Crippen molar-refractivity contribution >= 4 is 19.8 Å². The molecule has 64 heavy (non-hydrogen) atoms. The Balaban J connectivity index is 4.06. The maximum Gasteiger partial charge on any atom is 0.472 e. The molecule has 3 unspecified atom stereocenters. The lowest BCUT2D eigenvalue weighted by molar-refractivity contribution is -0.154. The van der Waals surface area contributed by atoms with Crippen molar-refractivity contribution in [3.8, 4) is 0 Å². The van der Waals surface area contributed by atoms with Crippen LogP contribution in [0.3, 0.4) is 0 Å². The molecule has 10 nitrogen and oxygen atoms in total. The molecule has 0 aliphatic heterocycles. The Morgan fingerprint density at radius 2 is 0.859 bits per heavy atom. The van der Waals surface area contributed by atoms with Crippen molar-refractivity contribution in [1.82, 2.24) is 0 Å². The monoisotopic (exact) mass is 928 g/mol. The summed E-state index contributed by atoms with van der Waals surface area (Å²) in [6.07, 6.45) is 56.7. The molecule has 0 heterocycles. The van der Waals surface area contributed by atoms with Crippen LogP contribution in [-0.4, -0.2) is 60.5 Å². The number of hydrogen-bond acceptors (Lipinski definition) is 8. The van der Waals surface area contributed by atoms with E-state index in [2.05, 4.69) is 38.2 Å². The summed E-state index contributed by atoms with van der Waals surface area (Å²) in [6.45, 7) is 3.91. The molecule has 0 amide bonds. The normalized spacial score (nSPS) is 13.8. The number of carboxylic acids is 1. The van der Waals surface area contributed by atoms with Crippen LogP contribution in [-0.2, 0) is 32.7 Å². The Morgan fingerprint density at radius 1 is 0.500 bits per heavy atom.